The Labute approximate surface area is 348 Å². The van der Waals surface area contributed by atoms with Gasteiger partial charge in [0.05, 0.1) is 13.2 Å². The minimum absolute atomic E-state index is 0.0301. The molecule has 332 valence electrons. The summed E-state index contributed by atoms with van der Waals surface area (Å²) >= 11 is 0. The van der Waals surface area contributed by atoms with Crippen molar-refractivity contribution in [2.24, 2.45) is 11.8 Å². The Bertz CT molecular complexity index is 805. The van der Waals surface area contributed by atoms with Crippen LogP contribution in [-0.4, -0.2) is 62.6 Å². The van der Waals surface area contributed by atoms with Crippen molar-refractivity contribution in [3.63, 3.8) is 0 Å². The van der Waals surface area contributed by atoms with Crippen LogP contribution < -0.4 is 5.32 Å². The highest BCUT2D eigenvalue weighted by Crippen LogP contribution is 2.23. The van der Waals surface area contributed by atoms with E-state index in [1.165, 1.54) is 103 Å². The van der Waals surface area contributed by atoms with Crippen molar-refractivity contribution in [2.45, 2.75) is 252 Å². The van der Waals surface area contributed by atoms with Crippen molar-refractivity contribution >= 4 is 17.8 Å². The maximum absolute atomic E-state index is 12.8. The quantitative estimate of drug-likeness (QED) is 0.0489. The van der Waals surface area contributed by atoms with Gasteiger partial charge < -0.3 is 19.7 Å². The topological polar surface area (TPSA) is 84.9 Å². The van der Waals surface area contributed by atoms with Crippen molar-refractivity contribution in [3.05, 3.63) is 0 Å². The summed E-state index contributed by atoms with van der Waals surface area (Å²) in [5.74, 6) is 1.51. The molecule has 0 saturated heterocycles. The number of amides is 1. The molecule has 0 radical (unpaired) electrons. The van der Waals surface area contributed by atoms with Crippen LogP contribution in [0.3, 0.4) is 0 Å². The normalized spacial score (nSPS) is 11.7. The molecule has 0 spiro atoms. The van der Waals surface area contributed by atoms with Gasteiger partial charge >= 0.3 is 11.9 Å². The van der Waals surface area contributed by atoms with E-state index < -0.39 is 0 Å². The van der Waals surface area contributed by atoms with E-state index in [4.69, 9.17) is 9.47 Å². The van der Waals surface area contributed by atoms with Crippen LogP contribution in [0, 0.1) is 11.8 Å². The number of ether oxygens (including phenoxy) is 2. The van der Waals surface area contributed by atoms with Crippen LogP contribution in [0.15, 0.2) is 0 Å². The number of carbonyl (C=O) groups excluding carboxylic acids is 3. The second kappa shape index (κ2) is 41.5. The Morgan fingerprint density at radius 3 is 1.16 bits per heavy atom. The van der Waals surface area contributed by atoms with Crippen LogP contribution in [0.2, 0.25) is 0 Å². The molecule has 0 aromatic heterocycles. The predicted octanol–water partition coefficient (Wildman–Crippen LogP) is 13.7. The van der Waals surface area contributed by atoms with Gasteiger partial charge in [0, 0.05) is 25.3 Å². The first kappa shape index (κ1) is 54.4. The summed E-state index contributed by atoms with van der Waals surface area (Å²) in [7, 11) is 4.10. The zero-order valence-electron chi connectivity index (χ0n) is 38.4. The highest BCUT2D eigenvalue weighted by molar-refractivity contribution is 5.76. The van der Waals surface area contributed by atoms with E-state index >= 15 is 0 Å². The molecule has 0 rings (SSSR count). The second-order valence-electron chi connectivity index (χ2n) is 17.5. The van der Waals surface area contributed by atoms with Crippen LogP contribution in [0.5, 0.6) is 0 Å². The lowest BCUT2D eigenvalue weighted by atomic mass is 9.92. The zero-order chi connectivity index (χ0) is 41.3. The van der Waals surface area contributed by atoms with Crippen LogP contribution >= 0.6 is 0 Å². The van der Waals surface area contributed by atoms with E-state index in [9.17, 15) is 14.4 Å². The molecule has 56 heavy (non-hydrogen) atoms. The molecule has 0 saturated carbocycles. The number of carbonyl (C=O) groups is 3. The SMILES string of the molecule is CCCCCC(CCCCC)CCOC(=O)CCCCCCCC(CCCCCCCC(=O)OCCC(CCCCC)CCCCC)NC(=O)CCCN(C)C. The molecule has 1 amide bonds. The number of hydrogen-bond donors (Lipinski definition) is 1. The highest BCUT2D eigenvalue weighted by atomic mass is 16.5. The van der Waals surface area contributed by atoms with Gasteiger partial charge in [-0.05, 0) is 77.4 Å². The lowest BCUT2D eigenvalue weighted by Crippen LogP contribution is -2.35. The van der Waals surface area contributed by atoms with Crippen molar-refractivity contribution in [1.82, 2.24) is 10.2 Å². The summed E-state index contributed by atoms with van der Waals surface area (Å²) in [6.45, 7) is 11.1. The third kappa shape index (κ3) is 37.9. The lowest BCUT2D eigenvalue weighted by molar-refractivity contribution is -0.145. The van der Waals surface area contributed by atoms with Crippen molar-refractivity contribution < 1.29 is 23.9 Å². The summed E-state index contributed by atoms with van der Waals surface area (Å²) in [6, 6.07) is 0.229. The smallest absolute Gasteiger partial charge is 0.305 e. The summed E-state index contributed by atoms with van der Waals surface area (Å²) in [4.78, 5) is 39.7. The van der Waals surface area contributed by atoms with Gasteiger partial charge in [-0.3, -0.25) is 14.4 Å². The van der Waals surface area contributed by atoms with Gasteiger partial charge in [0.25, 0.3) is 0 Å². The van der Waals surface area contributed by atoms with E-state index in [1.807, 2.05) is 14.1 Å². The van der Waals surface area contributed by atoms with E-state index in [1.54, 1.807) is 0 Å². The summed E-state index contributed by atoms with van der Waals surface area (Å²) in [5.41, 5.74) is 0. The molecular formula is C49H96N2O5. The molecule has 7 heteroatoms. The van der Waals surface area contributed by atoms with Crippen LogP contribution in [0.4, 0.5) is 0 Å². The van der Waals surface area contributed by atoms with Gasteiger partial charge in [0.2, 0.25) is 5.91 Å². The maximum atomic E-state index is 12.8. The second-order valence-corrected chi connectivity index (χ2v) is 17.5. The van der Waals surface area contributed by atoms with E-state index in [-0.39, 0.29) is 23.9 Å². The number of rotatable bonds is 43. The number of hydrogen-bond acceptors (Lipinski definition) is 6. The molecule has 0 fully saturated rings. The highest BCUT2D eigenvalue weighted by Gasteiger charge is 2.14. The Kier molecular flexibility index (Phi) is 40.3. The van der Waals surface area contributed by atoms with Crippen molar-refractivity contribution in [2.75, 3.05) is 33.9 Å². The molecule has 0 aliphatic rings. The van der Waals surface area contributed by atoms with Gasteiger partial charge in [0.1, 0.15) is 0 Å². The molecule has 0 atom stereocenters. The van der Waals surface area contributed by atoms with Gasteiger partial charge in [-0.2, -0.15) is 0 Å². The van der Waals surface area contributed by atoms with Crippen molar-refractivity contribution in [1.29, 1.82) is 0 Å². The fourth-order valence-corrected chi connectivity index (χ4v) is 7.95. The standard InChI is InChI=1S/C49H96N2O5/c1-7-11-21-30-44(31-22-12-8-2)39-42-55-48(53)37-27-19-15-17-25-34-46(50-47(52)36-29-41-51(5)6)35-26-18-16-20-28-38-49(54)56-43-40-45(32-23-13-9-3)33-24-14-10-4/h44-46H,7-43H2,1-6H3,(H,50,52). The number of esters is 2. The van der Waals surface area contributed by atoms with Gasteiger partial charge in [-0.15, -0.1) is 0 Å². The van der Waals surface area contributed by atoms with Gasteiger partial charge in [-0.1, -0.05) is 182 Å². The molecule has 0 heterocycles. The van der Waals surface area contributed by atoms with Crippen LogP contribution in [0.25, 0.3) is 0 Å². The molecule has 0 bridgehead atoms. The summed E-state index contributed by atoms with van der Waals surface area (Å²) < 4.78 is 11.3. The molecule has 1 N–H and O–H groups in total. The van der Waals surface area contributed by atoms with Gasteiger partial charge in [0.15, 0.2) is 0 Å². The van der Waals surface area contributed by atoms with Gasteiger partial charge in [-0.25, -0.2) is 0 Å². The van der Waals surface area contributed by atoms with E-state index in [0.717, 1.165) is 103 Å². The molecule has 0 unspecified atom stereocenters. The van der Waals surface area contributed by atoms with Crippen molar-refractivity contribution in [3.8, 4) is 0 Å². The number of unbranched alkanes of at least 4 members (excludes halogenated alkanes) is 16. The Balaban J connectivity index is 4.35. The molecule has 0 aliphatic heterocycles. The fourth-order valence-electron chi connectivity index (χ4n) is 7.95. The average molecular weight is 793 g/mol. The zero-order valence-corrected chi connectivity index (χ0v) is 38.4. The van der Waals surface area contributed by atoms with Crippen LogP contribution in [-0.2, 0) is 23.9 Å². The first-order chi connectivity index (χ1) is 27.2. The molecule has 0 aliphatic carbocycles. The fraction of sp³-hybridized carbons (Fsp3) is 0.939. The first-order valence-electron chi connectivity index (χ1n) is 24.5. The lowest BCUT2D eigenvalue weighted by Gasteiger charge is -2.19. The first-order valence-corrected chi connectivity index (χ1v) is 24.5. The third-order valence-electron chi connectivity index (χ3n) is 11.7. The average Bonchev–Trinajstić information content (AvgIpc) is 3.16. The minimum Gasteiger partial charge on any atom is -0.466 e. The van der Waals surface area contributed by atoms with E-state index in [0.29, 0.717) is 44.3 Å². The van der Waals surface area contributed by atoms with Crippen LogP contribution in [0.1, 0.15) is 246 Å². The largest absolute Gasteiger partial charge is 0.466 e. The summed E-state index contributed by atoms with van der Waals surface area (Å²) in [5, 5.41) is 3.36. The van der Waals surface area contributed by atoms with E-state index in [2.05, 4.69) is 37.9 Å². The third-order valence-corrected chi connectivity index (χ3v) is 11.7. The molecule has 7 nitrogen and oxygen atoms in total. The minimum atomic E-state index is -0.0301. The maximum Gasteiger partial charge on any atom is 0.305 e. The Hall–Kier alpha value is -1.63. The Morgan fingerprint density at radius 2 is 0.786 bits per heavy atom. The number of nitrogens with one attached hydrogen (secondary N) is 1. The monoisotopic (exact) mass is 793 g/mol. The Morgan fingerprint density at radius 1 is 0.429 bits per heavy atom. The summed E-state index contributed by atoms with van der Waals surface area (Å²) in [6.07, 6.45) is 37.7. The molecular weight excluding hydrogens is 697 g/mol. The molecule has 0 aromatic rings. The molecule has 0 aromatic carbocycles. The predicted molar refractivity (Wildman–Crippen MR) is 239 cm³/mol. The number of nitrogens with zero attached hydrogens (tertiary/aromatic N) is 1.